The quantitative estimate of drug-likeness (QED) is 0.797. The molecule has 4 heteroatoms. The molecule has 0 radical (unpaired) electrons. The maximum atomic E-state index is 10.5. The van der Waals surface area contributed by atoms with E-state index in [9.17, 15) is 4.79 Å². The summed E-state index contributed by atoms with van der Waals surface area (Å²) in [5.41, 5.74) is 2.97. The largest absolute Gasteiger partial charge is 0.478 e. The summed E-state index contributed by atoms with van der Waals surface area (Å²) in [4.78, 5) is 12.6. The number of rotatable bonds is 6. The van der Waals surface area contributed by atoms with Crippen LogP contribution in [0.2, 0.25) is 0 Å². The number of carbonyl (C=O) groups is 1. The molecule has 1 N–H and O–H groups in total. The van der Waals surface area contributed by atoms with Crippen LogP contribution in [0, 0.1) is 18.3 Å². The number of nitriles is 1. The lowest BCUT2D eigenvalue weighted by Crippen LogP contribution is -2.23. The van der Waals surface area contributed by atoms with Crippen molar-refractivity contribution in [3.8, 4) is 6.07 Å². The van der Waals surface area contributed by atoms with Crippen molar-refractivity contribution in [2.45, 2.75) is 20.3 Å². The van der Waals surface area contributed by atoms with Crippen molar-refractivity contribution in [1.29, 1.82) is 5.26 Å². The molecule has 0 bridgehead atoms. The van der Waals surface area contributed by atoms with E-state index in [0.29, 0.717) is 13.0 Å². The highest BCUT2D eigenvalue weighted by atomic mass is 16.4. The van der Waals surface area contributed by atoms with E-state index in [4.69, 9.17) is 10.4 Å². The van der Waals surface area contributed by atoms with Gasteiger partial charge in [-0.05, 0) is 43.2 Å². The van der Waals surface area contributed by atoms with Gasteiger partial charge < -0.3 is 10.0 Å². The summed E-state index contributed by atoms with van der Waals surface area (Å²) >= 11 is 0. The molecule has 0 heterocycles. The Hall–Kier alpha value is -2.28. The number of aliphatic carboxylic acids is 1. The molecule has 100 valence electrons. The van der Waals surface area contributed by atoms with Gasteiger partial charge in [0.15, 0.2) is 0 Å². The lowest BCUT2D eigenvalue weighted by molar-refractivity contribution is -0.131. The summed E-state index contributed by atoms with van der Waals surface area (Å²) in [6.07, 6.45) is 3.22. The zero-order chi connectivity index (χ0) is 14.3. The molecule has 0 aliphatic heterocycles. The Morgan fingerprint density at radius 3 is 2.79 bits per heavy atom. The maximum absolute atomic E-state index is 10.5. The first-order valence-electron chi connectivity index (χ1n) is 6.22. The summed E-state index contributed by atoms with van der Waals surface area (Å²) in [6.45, 7) is 5.54. The van der Waals surface area contributed by atoms with Crippen molar-refractivity contribution in [1.82, 2.24) is 0 Å². The molecule has 0 amide bonds. The van der Waals surface area contributed by atoms with Crippen LogP contribution in [-0.4, -0.2) is 24.2 Å². The summed E-state index contributed by atoms with van der Waals surface area (Å²) in [6, 6.07) is 8.01. The van der Waals surface area contributed by atoms with E-state index >= 15 is 0 Å². The average Bonchev–Trinajstić information content (AvgIpc) is 2.38. The molecular weight excluding hydrogens is 240 g/mol. The molecule has 0 aromatic heterocycles. The molecule has 4 nitrogen and oxygen atoms in total. The molecule has 0 aliphatic rings. The van der Waals surface area contributed by atoms with Gasteiger partial charge >= 0.3 is 5.97 Å². The second kappa shape index (κ2) is 7.22. The van der Waals surface area contributed by atoms with Crippen LogP contribution in [0.5, 0.6) is 0 Å². The van der Waals surface area contributed by atoms with E-state index in [1.807, 2.05) is 32.0 Å². The van der Waals surface area contributed by atoms with Crippen molar-refractivity contribution < 1.29 is 9.90 Å². The number of anilines is 1. The molecule has 0 atom stereocenters. The summed E-state index contributed by atoms with van der Waals surface area (Å²) in [7, 11) is 0. The van der Waals surface area contributed by atoms with Crippen molar-refractivity contribution >= 4 is 17.7 Å². The van der Waals surface area contributed by atoms with Crippen LogP contribution in [0.3, 0.4) is 0 Å². The molecule has 0 aliphatic carbocycles. The first-order valence-corrected chi connectivity index (χ1v) is 6.22. The predicted molar refractivity (Wildman–Crippen MR) is 76.0 cm³/mol. The van der Waals surface area contributed by atoms with E-state index in [0.717, 1.165) is 29.4 Å². The number of hydrogen-bond acceptors (Lipinski definition) is 3. The van der Waals surface area contributed by atoms with Gasteiger partial charge in [0.2, 0.25) is 0 Å². The fraction of sp³-hybridized carbons (Fsp3) is 0.333. The third kappa shape index (κ3) is 4.47. The third-order valence-corrected chi connectivity index (χ3v) is 2.90. The topological polar surface area (TPSA) is 64.3 Å². The molecule has 0 fully saturated rings. The van der Waals surface area contributed by atoms with Gasteiger partial charge in [0.05, 0.1) is 12.5 Å². The number of benzene rings is 1. The van der Waals surface area contributed by atoms with Gasteiger partial charge in [-0.25, -0.2) is 4.79 Å². The summed E-state index contributed by atoms with van der Waals surface area (Å²) in [5.74, 6) is -0.951. The minimum Gasteiger partial charge on any atom is -0.478 e. The number of hydrogen-bond donors (Lipinski definition) is 1. The van der Waals surface area contributed by atoms with Crippen LogP contribution < -0.4 is 4.90 Å². The van der Waals surface area contributed by atoms with E-state index < -0.39 is 5.97 Å². The van der Waals surface area contributed by atoms with Gasteiger partial charge in [0, 0.05) is 24.9 Å². The molecule has 0 saturated heterocycles. The van der Waals surface area contributed by atoms with Gasteiger partial charge in [-0.1, -0.05) is 6.07 Å². The minimum absolute atomic E-state index is 0.494. The Labute approximate surface area is 113 Å². The summed E-state index contributed by atoms with van der Waals surface area (Å²) < 4.78 is 0. The zero-order valence-corrected chi connectivity index (χ0v) is 11.3. The molecule has 1 aromatic rings. The van der Waals surface area contributed by atoms with Crippen LogP contribution in [0.1, 0.15) is 24.5 Å². The number of nitrogens with zero attached hydrogens (tertiary/aromatic N) is 2. The first-order chi connectivity index (χ1) is 9.08. The van der Waals surface area contributed by atoms with Gasteiger partial charge in [-0.2, -0.15) is 5.26 Å². The number of aryl methyl sites for hydroxylation is 1. The highest BCUT2D eigenvalue weighted by molar-refractivity contribution is 5.85. The van der Waals surface area contributed by atoms with Crippen molar-refractivity contribution in [3.63, 3.8) is 0 Å². The molecule has 1 rings (SSSR count). The van der Waals surface area contributed by atoms with Gasteiger partial charge in [-0.15, -0.1) is 0 Å². The van der Waals surface area contributed by atoms with Crippen molar-refractivity contribution in [2.75, 3.05) is 18.0 Å². The monoisotopic (exact) mass is 258 g/mol. The number of carboxylic acids is 1. The normalized spacial score (nSPS) is 10.4. The fourth-order valence-electron chi connectivity index (χ4n) is 1.86. The van der Waals surface area contributed by atoms with Crippen LogP contribution in [0.15, 0.2) is 24.3 Å². The Morgan fingerprint density at radius 2 is 2.26 bits per heavy atom. The van der Waals surface area contributed by atoms with Crippen molar-refractivity contribution in [3.05, 3.63) is 35.4 Å². The zero-order valence-electron chi connectivity index (χ0n) is 11.3. The second-order valence-electron chi connectivity index (χ2n) is 4.20. The maximum Gasteiger partial charge on any atom is 0.328 e. The van der Waals surface area contributed by atoms with Crippen LogP contribution in [-0.2, 0) is 4.79 Å². The van der Waals surface area contributed by atoms with E-state index in [1.165, 1.54) is 0 Å². The molecule has 19 heavy (non-hydrogen) atoms. The fourth-order valence-corrected chi connectivity index (χ4v) is 1.86. The third-order valence-electron chi connectivity index (χ3n) is 2.90. The molecule has 0 unspecified atom stereocenters. The Balaban J connectivity index is 2.92. The van der Waals surface area contributed by atoms with E-state index in [1.54, 1.807) is 6.08 Å². The molecular formula is C15H18N2O2. The van der Waals surface area contributed by atoms with Crippen LogP contribution in [0.4, 0.5) is 5.69 Å². The minimum atomic E-state index is -0.951. The Bertz CT molecular complexity index is 515. The van der Waals surface area contributed by atoms with E-state index in [-0.39, 0.29) is 0 Å². The lowest BCUT2D eigenvalue weighted by Gasteiger charge is -2.22. The van der Waals surface area contributed by atoms with E-state index in [2.05, 4.69) is 11.0 Å². The first kappa shape index (κ1) is 14.8. The second-order valence-corrected chi connectivity index (χ2v) is 4.20. The molecule has 0 spiro atoms. The lowest BCUT2D eigenvalue weighted by atomic mass is 10.1. The highest BCUT2D eigenvalue weighted by Crippen LogP contribution is 2.20. The average molecular weight is 258 g/mol. The Kier molecular flexibility index (Phi) is 5.62. The van der Waals surface area contributed by atoms with Gasteiger partial charge in [-0.3, -0.25) is 0 Å². The van der Waals surface area contributed by atoms with Gasteiger partial charge in [0.1, 0.15) is 0 Å². The highest BCUT2D eigenvalue weighted by Gasteiger charge is 2.05. The molecule has 1 aromatic carbocycles. The van der Waals surface area contributed by atoms with Crippen LogP contribution in [0.25, 0.3) is 6.08 Å². The molecule has 0 saturated carbocycles. The van der Waals surface area contributed by atoms with Gasteiger partial charge in [0.25, 0.3) is 0 Å². The number of carboxylic acid groups (broad SMARTS) is 1. The standard InChI is InChI=1S/C15H18N2O2/c1-3-17(10-4-9-16)14-7-5-13(12(2)11-14)6-8-15(18)19/h5-8,11H,3-4,10H2,1-2H3,(H,18,19). The van der Waals surface area contributed by atoms with Crippen molar-refractivity contribution in [2.24, 2.45) is 0 Å². The van der Waals surface area contributed by atoms with Crippen LogP contribution >= 0.6 is 0 Å². The smallest absolute Gasteiger partial charge is 0.328 e. The predicted octanol–water partition coefficient (Wildman–Crippen LogP) is 2.83. The summed E-state index contributed by atoms with van der Waals surface area (Å²) in [5, 5.41) is 17.3. The Morgan fingerprint density at radius 1 is 1.53 bits per heavy atom. The SMILES string of the molecule is CCN(CCC#N)c1ccc(C=CC(=O)O)c(C)c1.